The zero-order chi connectivity index (χ0) is 21.6. The Balaban J connectivity index is 2.06. The van der Waals surface area contributed by atoms with Gasteiger partial charge in [0.25, 0.3) is 5.91 Å². The van der Waals surface area contributed by atoms with Gasteiger partial charge in [0.05, 0.1) is 17.2 Å². The number of carbonyl (C=O) groups excluding carboxylic acids is 2. The Labute approximate surface area is 168 Å². The summed E-state index contributed by atoms with van der Waals surface area (Å²) in [6, 6.07) is 3.64. The van der Waals surface area contributed by atoms with Crippen molar-refractivity contribution in [2.45, 2.75) is 65.1 Å². The Morgan fingerprint density at radius 2 is 1.59 bits per heavy atom. The van der Waals surface area contributed by atoms with Gasteiger partial charge in [-0.15, -0.1) is 0 Å². The van der Waals surface area contributed by atoms with Crippen molar-refractivity contribution in [2.24, 2.45) is 11.3 Å². The molecule has 7 heteroatoms. The lowest BCUT2D eigenvalue weighted by molar-refractivity contribution is -0.137. The fraction of sp³-hybridized carbons (Fsp3) is 0.545. The van der Waals surface area contributed by atoms with E-state index in [1.807, 2.05) is 0 Å². The van der Waals surface area contributed by atoms with Crippen molar-refractivity contribution in [1.29, 1.82) is 0 Å². The van der Waals surface area contributed by atoms with Gasteiger partial charge in [-0.3, -0.25) is 14.5 Å². The molecular weight excluding hydrogens is 383 g/mol. The highest BCUT2D eigenvalue weighted by Crippen LogP contribution is 2.42. The van der Waals surface area contributed by atoms with E-state index < -0.39 is 34.9 Å². The highest BCUT2D eigenvalue weighted by molar-refractivity contribution is 6.17. The van der Waals surface area contributed by atoms with Crippen LogP contribution in [0.1, 0.15) is 58.4 Å². The molecule has 1 aliphatic carbocycles. The molecule has 1 aromatic rings. The third-order valence-corrected chi connectivity index (χ3v) is 5.75. The smallest absolute Gasteiger partial charge is 0.416 e. The van der Waals surface area contributed by atoms with Crippen LogP contribution in [-0.4, -0.2) is 22.8 Å². The van der Waals surface area contributed by atoms with E-state index in [1.165, 1.54) is 17.0 Å². The predicted octanol–water partition coefficient (Wildman–Crippen LogP) is 5.43. The lowest BCUT2D eigenvalue weighted by Gasteiger charge is -2.36. The van der Waals surface area contributed by atoms with Crippen LogP contribution in [0, 0.1) is 11.3 Å². The lowest BCUT2D eigenvalue weighted by Crippen LogP contribution is -2.44. The average molecular weight is 409 g/mol. The van der Waals surface area contributed by atoms with Crippen LogP contribution in [0.25, 0.3) is 0 Å². The molecule has 1 aliphatic heterocycles. The maximum atomic E-state index is 13.1. The molecule has 1 saturated carbocycles. The number of carbonyl (C=O) groups is 2. The molecular formula is C22H26F3NO3. The normalized spacial score (nSPS) is 21.8. The van der Waals surface area contributed by atoms with Crippen LogP contribution in [-0.2, 0) is 15.8 Å². The van der Waals surface area contributed by atoms with Crippen LogP contribution >= 0.6 is 0 Å². The number of nitrogens with zero attached hydrogens (tertiary/aromatic N) is 1. The zero-order valence-corrected chi connectivity index (χ0v) is 16.8. The SMILES string of the molecule is CC(C)(C)C(=O)C1=C(O)C(=O)N(c2ccc(C(F)(F)F)cc2)C1C1CCCCC1. The van der Waals surface area contributed by atoms with E-state index in [0.717, 1.165) is 44.2 Å². The summed E-state index contributed by atoms with van der Waals surface area (Å²) < 4.78 is 38.8. The van der Waals surface area contributed by atoms with E-state index in [1.54, 1.807) is 20.8 Å². The van der Waals surface area contributed by atoms with Crippen LogP contribution in [0.2, 0.25) is 0 Å². The Hall–Kier alpha value is -2.31. The summed E-state index contributed by atoms with van der Waals surface area (Å²) in [6.07, 6.45) is 0.0776. The summed E-state index contributed by atoms with van der Waals surface area (Å²) in [4.78, 5) is 27.3. The number of hydrogen-bond acceptors (Lipinski definition) is 3. The van der Waals surface area contributed by atoms with Crippen LogP contribution < -0.4 is 4.90 Å². The van der Waals surface area contributed by atoms with E-state index in [0.29, 0.717) is 0 Å². The molecule has 1 unspecified atom stereocenters. The van der Waals surface area contributed by atoms with Gasteiger partial charge in [-0.2, -0.15) is 13.2 Å². The van der Waals surface area contributed by atoms with Gasteiger partial charge in [-0.1, -0.05) is 40.0 Å². The summed E-state index contributed by atoms with van der Waals surface area (Å²) in [6.45, 7) is 5.16. The third-order valence-electron chi connectivity index (χ3n) is 5.75. The van der Waals surface area contributed by atoms with E-state index in [4.69, 9.17) is 0 Å². The number of aliphatic hydroxyl groups is 1. The Kier molecular flexibility index (Phi) is 5.54. The van der Waals surface area contributed by atoms with Crippen molar-refractivity contribution in [3.05, 3.63) is 41.2 Å². The Morgan fingerprint density at radius 1 is 1.03 bits per heavy atom. The van der Waals surface area contributed by atoms with Gasteiger partial charge < -0.3 is 5.11 Å². The van der Waals surface area contributed by atoms with E-state index in [2.05, 4.69) is 0 Å². The second-order valence-electron chi connectivity index (χ2n) is 8.90. The molecule has 1 aromatic carbocycles. The minimum Gasteiger partial charge on any atom is -0.503 e. The van der Waals surface area contributed by atoms with E-state index in [-0.39, 0.29) is 23.0 Å². The highest BCUT2D eigenvalue weighted by atomic mass is 19.4. The number of ketones is 1. The summed E-state index contributed by atoms with van der Waals surface area (Å²) in [5, 5.41) is 10.6. The number of aliphatic hydroxyl groups excluding tert-OH is 1. The van der Waals surface area contributed by atoms with Crippen LogP contribution in [0.15, 0.2) is 35.6 Å². The maximum absolute atomic E-state index is 13.1. The predicted molar refractivity (Wildman–Crippen MR) is 103 cm³/mol. The molecule has 0 saturated heterocycles. The molecule has 0 aromatic heterocycles. The van der Waals surface area contributed by atoms with Gasteiger partial charge in [-0.05, 0) is 43.0 Å². The van der Waals surface area contributed by atoms with Crippen molar-refractivity contribution in [3.63, 3.8) is 0 Å². The van der Waals surface area contributed by atoms with Crippen LogP contribution in [0.5, 0.6) is 0 Å². The number of alkyl halides is 3. The summed E-state index contributed by atoms with van der Waals surface area (Å²) in [5.41, 5.74) is -1.27. The molecule has 3 rings (SSSR count). The first-order valence-corrected chi connectivity index (χ1v) is 9.91. The van der Waals surface area contributed by atoms with Crippen LogP contribution in [0.4, 0.5) is 18.9 Å². The molecule has 1 amide bonds. The summed E-state index contributed by atoms with van der Waals surface area (Å²) in [7, 11) is 0. The first kappa shape index (κ1) is 21.4. The molecule has 29 heavy (non-hydrogen) atoms. The second-order valence-corrected chi connectivity index (χ2v) is 8.90. The number of Topliss-reactive ketones (excluding diaryl/α,β-unsaturated/α-hetero) is 1. The molecule has 0 radical (unpaired) electrons. The molecule has 0 bridgehead atoms. The molecule has 1 heterocycles. The van der Waals surface area contributed by atoms with Crippen LogP contribution in [0.3, 0.4) is 0 Å². The minimum absolute atomic E-state index is 0.0269. The Bertz CT molecular complexity index is 828. The van der Waals surface area contributed by atoms with Crippen molar-refractivity contribution >= 4 is 17.4 Å². The van der Waals surface area contributed by atoms with Gasteiger partial charge in [0, 0.05) is 11.1 Å². The van der Waals surface area contributed by atoms with Crippen molar-refractivity contribution < 1.29 is 27.9 Å². The minimum atomic E-state index is -4.48. The van der Waals surface area contributed by atoms with Gasteiger partial charge in [0.15, 0.2) is 11.5 Å². The maximum Gasteiger partial charge on any atom is 0.416 e. The van der Waals surface area contributed by atoms with Gasteiger partial charge in [-0.25, -0.2) is 0 Å². The number of amides is 1. The van der Waals surface area contributed by atoms with Gasteiger partial charge in [0.1, 0.15) is 0 Å². The van der Waals surface area contributed by atoms with Crippen molar-refractivity contribution in [2.75, 3.05) is 4.90 Å². The van der Waals surface area contributed by atoms with Gasteiger partial charge >= 0.3 is 6.18 Å². The quantitative estimate of drug-likeness (QED) is 0.724. The number of benzene rings is 1. The Morgan fingerprint density at radius 3 is 2.07 bits per heavy atom. The summed E-state index contributed by atoms with van der Waals surface area (Å²) in [5.74, 6) is -1.65. The summed E-state index contributed by atoms with van der Waals surface area (Å²) >= 11 is 0. The number of halogens is 3. The largest absolute Gasteiger partial charge is 0.503 e. The second kappa shape index (κ2) is 7.50. The molecule has 158 valence electrons. The van der Waals surface area contributed by atoms with Crippen molar-refractivity contribution in [3.8, 4) is 0 Å². The molecule has 0 spiro atoms. The number of hydrogen-bond donors (Lipinski definition) is 1. The lowest BCUT2D eigenvalue weighted by atomic mass is 9.76. The molecule has 1 atom stereocenters. The topological polar surface area (TPSA) is 57.6 Å². The molecule has 4 nitrogen and oxygen atoms in total. The zero-order valence-electron chi connectivity index (χ0n) is 16.8. The van der Waals surface area contributed by atoms with E-state index in [9.17, 15) is 27.9 Å². The average Bonchev–Trinajstić information content (AvgIpc) is 2.91. The highest BCUT2D eigenvalue weighted by Gasteiger charge is 2.49. The third kappa shape index (κ3) is 4.05. The van der Waals surface area contributed by atoms with E-state index >= 15 is 0 Å². The molecule has 1 fully saturated rings. The fourth-order valence-corrected chi connectivity index (χ4v) is 4.26. The van der Waals surface area contributed by atoms with Crippen molar-refractivity contribution in [1.82, 2.24) is 0 Å². The fourth-order valence-electron chi connectivity index (χ4n) is 4.26. The molecule has 1 N–H and O–H groups in total. The van der Waals surface area contributed by atoms with Gasteiger partial charge in [0.2, 0.25) is 0 Å². The number of rotatable bonds is 3. The molecule has 2 aliphatic rings. The first-order chi connectivity index (χ1) is 13.4. The standard InChI is InChI=1S/C22H26F3NO3/c1-21(2,3)19(28)16-17(13-7-5-4-6-8-13)26(20(29)18(16)27)15-11-9-14(10-12-15)22(23,24)25/h9-13,17,27H,4-8H2,1-3H3. The first-order valence-electron chi connectivity index (χ1n) is 9.91. The monoisotopic (exact) mass is 409 g/mol. The number of anilines is 1.